The summed E-state index contributed by atoms with van der Waals surface area (Å²) in [6, 6.07) is 8.26. The molecular formula is C16H21N3O. The third-order valence-corrected chi connectivity index (χ3v) is 3.46. The Kier molecular flexibility index (Phi) is 4.69. The van der Waals surface area contributed by atoms with Crippen molar-refractivity contribution in [2.45, 2.75) is 26.3 Å². The summed E-state index contributed by atoms with van der Waals surface area (Å²) >= 11 is 0. The molecule has 0 amide bonds. The van der Waals surface area contributed by atoms with Crippen LogP contribution in [0.3, 0.4) is 0 Å². The summed E-state index contributed by atoms with van der Waals surface area (Å²) in [5, 5.41) is 3.21. The molecule has 1 atom stereocenters. The standard InChI is InChI=1S/C16H21N3O/c1-11(17-3)15-10-18-16(19-12(15)2)9-13-6-5-7-14(8-13)20-4/h5-8,10-11,17H,9H2,1-4H3. The molecule has 1 unspecified atom stereocenters. The average Bonchev–Trinajstić information content (AvgIpc) is 2.47. The van der Waals surface area contributed by atoms with Crippen molar-refractivity contribution in [1.82, 2.24) is 15.3 Å². The van der Waals surface area contributed by atoms with E-state index in [-0.39, 0.29) is 6.04 Å². The van der Waals surface area contributed by atoms with Gasteiger partial charge in [0.2, 0.25) is 0 Å². The molecule has 1 aromatic heterocycles. The number of hydrogen-bond donors (Lipinski definition) is 1. The Morgan fingerprint density at radius 1 is 1.35 bits per heavy atom. The van der Waals surface area contributed by atoms with Crippen LogP contribution in [0.25, 0.3) is 0 Å². The SMILES string of the molecule is CNC(C)c1cnc(Cc2cccc(OC)c2)nc1C. The van der Waals surface area contributed by atoms with Crippen molar-refractivity contribution in [2.24, 2.45) is 0 Å². The zero-order chi connectivity index (χ0) is 14.5. The molecule has 0 aliphatic rings. The van der Waals surface area contributed by atoms with Crippen molar-refractivity contribution in [3.05, 3.63) is 53.1 Å². The molecule has 20 heavy (non-hydrogen) atoms. The molecule has 0 fully saturated rings. The van der Waals surface area contributed by atoms with Gasteiger partial charge in [-0.1, -0.05) is 12.1 Å². The van der Waals surface area contributed by atoms with Crippen LogP contribution in [0.2, 0.25) is 0 Å². The van der Waals surface area contributed by atoms with Gasteiger partial charge in [0.1, 0.15) is 11.6 Å². The lowest BCUT2D eigenvalue weighted by Gasteiger charge is -2.13. The van der Waals surface area contributed by atoms with Crippen LogP contribution in [0.1, 0.15) is 35.6 Å². The lowest BCUT2D eigenvalue weighted by molar-refractivity contribution is 0.414. The van der Waals surface area contributed by atoms with Gasteiger partial charge in [0, 0.05) is 29.9 Å². The number of nitrogens with zero attached hydrogens (tertiary/aromatic N) is 2. The van der Waals surface area contributed by atoms with Crippen molar-refractivity contribution in [3.8, 4) is 5.75 Å². The highest BCUT2D eigenvalue weighted by Gasteiger charge is 2.09. The van der Waals surface area contributed by atoms with E-state index < -0.39 is 0 Å². The third-order valence-electron chi connectivity index (χ3n) is 3.46. The van der Waals surface area contributed by atoms with E-state index in [0.717, 1.165) is 28.4 Å². The first-order chi connectivity index (χ1) is 9.63. The number of rotatable bonds is 5. The summed E-state index contributed by atoms with van der Waals surface area (Å²) in [5.41, 5.74) is 3.32. The second kappa shape index (κ2) is 6.48. The van der Waals surface area contributed by atoms with Gasteiger partial charge in [0.15, 0.2) is 0 Å². The van der Waals surface area contributed by atoms with Crippen molar-refractivity contribution >= 4 is 0 Å². The van der Waals surface area contributed by atoms with Gasteiger partial charge in [-0.15, -0.1) is 0 Å². The molecule has 0 saturated carbocycles. The molecule has 2 rings (SSSR count). The zero-order valence-corrected chi connectivity index (χ0v) is 12.5. The largest absolute Gasteiger partial charge is 0.497 e. The first kappa shape index (κ1) is 14.5. The van der Waals surface area contributed by atoms with Crippen LogP contribution in [0, 0.1) is 6.92 Å². The molecule has 2 aromatic rings. The highest BCUT2D eigenvalue weighted by molar-refractivity contribution is 5.30. The van der Waals surface area contributed by atoms with Crippen molar-refractivity contribution in [2.75, 3.05) is 14.2 Å². The fourth-order valence-electron chi connectivity index (χ4n) is 2.16. The van der Waals surface area contributed by atoms with E-state index >= 15 is 0 Å². The summed E-state index contributed by atoms with van der Waals surface area (Å²) in [6.07, 6.45) is 2.63. The Balaban J connectivity index is 2.19. The van der Waals surface area contributed by atoms with Crippen LogP contribution in [0.5, 0.6) is 5.75 Å². The molecule has 0 saturated heterocycles. The fourth-order valence-corrected chi connectivity index (χ4v) is 2.16. The Bertz CT molecular complexity index is 584. The Labute approximate surface area is 120 Å². The van der Waals surface area contributed by atoms with E-state index in [0.29, 0.717) is 6.42 Å². The normalized spacial score (nSPS) is 12.2. The summed E-state index contributed by atoms with van der Waals surface area (Å²) < 4.78 is 5.23. The Morgan fingerprint density at radius 2 is 2.15 bits per heavy atom. The summed E-state index contributed by atoms with van der Waals surface area (Å²) in [5.74, 6) is 1.70. The van der Waals surface area contributed by atoms with Crippen LogP contribution in [-0.4, -0.2) is 24.1 Å². The molecule has 4 heteroatoms. The lowest BCUT2D eigenvalue weighted by Crippen LogP contribution is -2.15. The van der Waals surface area contributed by atoms with Crippen LogP contribution in [0.15, 0.2) is 30.5 Å². The first-order valence-corrected chi connectivity index (χ1v) is 6.76. The maximum absolute atomic E-state index is 5.23. The molecule has 1 N–H and O–H groups in total. The second-order valence-electron chi connectivity index (χ2n) is 4.87. The molecule has 0 aliphatic heterocycles. The van der Waals surface area contributed by atoms with Gasteiger partial charge in [0.25, 0.3) is 0 Å². The van der Waals surface area contributed by atoms with Gasteiger partial charge >= 0.3 is 0 Å². The molecule has 1 aromatic carbocycles. The first-order valence-electron chi connectivity index (χ1n) is 6.76. The molecule has 0 radical (unpaired) electrons. The van der Waals surface area contributed by atoms with Crippen LogP contribution < -0.4 is 10.1 Å². The number of hydrogen-bond acceptors (Lipinski definition) is 4. The van der Waals surface area contributed by atoms with Crippen LogP contribution in [-0.2, 0) is 6.42 Å². The van der Waals surface area contributed by atoms with Crippen molar-refractivity contribution in [1.29, 1.82) is 0 Å². The van der Waals surface area contributed by atoms with Crippen LogP contribution in [0.4, 0.5) is 0 Å². The summed E-state index contributed by atoms with van der Waals surface area (Å²) in [6.45, 7) is 4.13. The molecule has 1 heterocycles. The van der Waals surface area contributed by atoms with E-state index in [9.17, 15) is 0 Å². The van der Waals surface area contributed by atoms with E-state index in [1.54, 1.807) is 7.11 Å². The molecule has 0 spiro atoms. The number of ether oxygens (including phenoxy) is 1. The predicted molar refractivity (Wildman–Crippen MR) is 80.0 cm³/mol. The summed E-state index contributed by atoms with van der Waals surface area (Å²) in [4.78, 5) is 9.07. The maximum Gasteiger partial charge on any atom is 0.132 e. The van der Waals surface area contributed by atoms with Crippen molar-refractivity contribution in [3.63, 3.8) is 0 Å². The number of benzene rings is 1. The Morgan fingerprint density at radius 3 is 2.80 bits per heavy atom. The van der Waals surface area contributed by atoms with Gasteiger partial charge < -0.3 is 10.1 Å². The quantitative estimate of drug-likeness (QED) is 0.908. The molecule has 0 aliphatic carbocycles. The molecule has 4 nitrogen and oxygen atoms in total. The number of aromatic nitrogens is 2. The van der Waals surface area contributed by atoms with E-state index in [1.807, 2.05) is 38.4 Å². The predicted octanol–water partition coefficient (Wildman–Crippen LogP) is 2.66. The average molecular weight is 271 g/mol. The number of aryl methyl sites for hydroxylation is 1. The minimum atomic E-state index is 0.265. The van der Waals surface area contributed by atoms with Gasteiger partial charge in [-0.3, -0.25) is 0 Å². The van der Waals surface area contributed by atoms with Gasteiger partial charge in [0.05, 0.1) is 7.11 Å². The van der Waals surface area contributed by atoms with E-state index in [2.05, 4.69) is 28.3 Å². The number of methoxy groups -OCH3 is 1. The second-order valence-corrected chi connectivity index (χ2v) is 4.87. The highest BCUT2D eigenvalue weighted by atomic mass is 16.5. The zero-order valence-electron chi connectivity index (χ0n) is 12.5. The fraction of sp³-hybridized carbons (Fsp3) is 0.375. The highest BCUT2D eigenvalue weighted by Crippen LogP contribution is 2.17. The summed E-state index contributed by atoms with van der Waals surface area (Å²) in [7, 11) is 3.61. The number of nitrogens with one attached hydrogen (secondary N) is 1. The van der Waals surface area contributed by atoms with E-state index in [1.165, 1.54) is 0 Å². The Hall–Kier alpha value is -1.94. The topological polar surface area (TPSA) is 47.0 Å². The molecule has 0 bridgehead atoms. The smallest absolute Gasteiger partial charge is 0.132 e. The van der Waals surface area contributed by atoms with E-state index in [4.69, 9.17) is 4.74 Å². The van der Waals surface area contributed by atoms with Crippen LogP contribution >= 0.6 is 0 Å². The van der Waals surface area contributed by atoms with Gasteiger partial charge in [-0.05, 0) is 38.6 Å². The van der Waals surface area contributed by atoms with Crippen molar-refractivity contribution < 1.29 is 4.74 Å². The van der Waals surface area contributed by atoms with Gasteiger partial charge in [-0.25, -0.2) is 9.97 Å². The molecular weight excluding hydrogens is 250 g/mol. The molecule has 106 valence electrons. The minimum absolute atomic E-state index is 0.265. The van der Waals surface area contributed by atoms with Gasteiger partial charge in [-0.2, -0.15) is 0 Å². The lowest BCUT2D eigenvalue weighted by atomic mass is 10.1. The maximum atomic E-state index is 5.23. The minimum Gasteiger partial charge on any atom is -0.497 e. The third kappa shape index (κ3) is 3.33. The monoisotopic (exact) mass is 271 g/mol.